The fourth-order valence-electron chi connectivity index (χ4n) is 2.44. The van der Waals surface area contributed by atoms with Gasteiger partial charge in [-0.15, -0.1) is 11.8 Å². The number of fused-ring (bicyclic) bond motifs is 1. The van der Waals surface area contributed by atoms with Crippen molar-refractivity contribution >= 4 is 28.6 Å². The van der Waals surface area contributed by atoms with Crippen LogP contribution in [0.25, 0.3) is 10.9 Å². The van der Waals surface area contributed by atoms with Crippen molar-refractivity contribution in [2.75, 3.05) is 12.3 Å². The maximum absolute atomic E-state index is 12.2. The highest BCUT2D eigenvalue weighted by Gasteiger charge is 2.10. The van der Waals surface area contributed by atoms with E-state index < -0.39 is 0 Å². The summed E-state index contributed by atoms with van der Waals surface area (Å²) in [7, 11) is 0. The van der Waals surface area contributed by atoms with E-state index in [1.54, 1.807) is 10.6 Å². The summed E-state index contributed by atoms with van der Waals surface area (Å²) in [5.41, 5.74) is 0.902. The third-order valence-electron chi connectivity index (χ3n) is 3.70. The molecule has 1 heterocycles. The lowest BCUT2D eigenvalue weighted by Crippen LogP contribution is -2.27. The van der Waals surface area contributed by atoms with E-state index in [0.717, 1.165) is 22.2 Å². The summed E-state index contributed by atoms with van der Waals surface area (Å²) in [6.07, 6.45) is 0.978. The average Bonchev–Trinajstić information content (AvgIpc) is 2.52. The van der Waals surface area contributed by atoms with Crippen LogP contribution in [-0.2, 0) is 11.3 Å². The molecule has 1 amide bonds. The Morgan fingerprint density at radius 2 is 2.04 bits per heavy atom. The van der Waals surface area contributed by atoms with E-state index in [9.17, 15) is 9.59 Å². The molecule has 23 heavy (non-hydrogen) atoms. The number of pyridine rings is 1. The summed E-state index contributed by atoms with van der Waals surface area (Å²) in [5.74, 6) is 0.922. The van der Waals surface area contributed by atoms with Gasteiger partial charge in [0.15, 0.2) is 0 Å². The zero-order valence-electron chi connectivity index (χ0n) is 14.0. The number of thioether (sulfide) groups is 1. The van der Waals surface area contributed by atoms with Gasteiger partial charge >= 0.3 is 0 Å². The summed E-state index contributed by atoms with van der Waals surface area (Å²) in [6, 6.07) is 9.48. The summed E-state index contributed by atoms with van der Waals surface area (Å²) in [4.78, 5) is 25.0. The normalized spacial score (nSPS) is 11.1. The number of para-hydroxylation sites is 1. The molecule has 0 spiro atoms. The minimum Gasteiger partial charge on any atom is -0.355 e. The molecule has 1 aromatic carbocycles. The number of hydrogen-bond acceptors (Lipinski definition) is 3. The SMILES string of the molecule is CCn1c(=O)cc(SCC(=O)NCCC(C)C)c2ccccc21. The molecular weight excluding hydrogens is 308 g/mol. The Kier molecular flexibility index (Phi) is 6.28. The number of aromatic nitrogens is 1. The van der Waals surface area contributed by atoms with Crippen LogP contribution in [-0.4, -0.2) is 22.8 Å². The molecule has 0 aliphatic rings. The van der Waals surface area contributed by atoms with Crippen LogP contribution in [0.5, 0.6) is 0 Å². The maximum atomic E-state index is 12.2. The summed E-state index contributed by atoms with van der Waals surface area (Å²) in [5, 5.41) is 3.95. The molecule has 0 unspecified atom stereocenters. The quantitative estimate of drug-likeness (QED) is 0.792. The third-order valence-corrected chi connectivity index (χ3v) is 4.76. The Bertz CT molecular complexity index is 737. The van der Waals surface area contributed by atoms with Crippen LogP contribution in [0, 0.1) is 5.92 Å². The van der Waals surface area contributed by atoms with Gasteiger partial charge in [-0.2, -0.15) is 0 Å². The highest BCUT2D eigenvalue weighted by Crippen LogP contribution is 2.26. The van der Waals surface area contributed by atoms with Gasteiger partial charge in [0.05, 0.1) is 11.3 Å². The molecule has 0 radical (unpaired) electrons. The minimum absolute atomic E-state index is 0.0133. The largest absolute Gasteiger partial charge is 0.355 e. The molecule has 2 rings (SSSR count). The molecule has 124 valence electrons. The number of amides is 1. The van der Waals surface area contributed by atoms with Crippen molar-refractivity contribution in [3.8, 4) is 0 Å². The van der Waals surface area contributed by atoms with Gasteiger partial charge in [-0.3, -0.25) is 9.59 Å². The average molecular weight is 332 g/mol. The van der Waals surface area contributed by atoms with Crippen molar-refractivity contribution in [3.63, 3.8) is 0 Å². The van der Waals surface area contributed by atoms with Gasteiger partial charge in [-0.25, -0.2) is 0 Å². The predicted octanol–water partition coefficient (Wildman–Crippen LogP) is 3.28. The van der Waals surface area contributed by atoms with E-state index in [1.165, 1.54) is 11.8 Å². The van der Waals surface area contributed by atoms with Gasteiger partial charge < -0.3 is 9.88 Å². The summed E-state index contributed by atoms with van der Waals surface area (Å²) < 4.78 is 1.75. The van der Waals surface area contributed by atoms with Crippen molar-refractivity contribution < 1.29 is 4.79 Å². The molecule has 4 nitrogen and oxygen atoms in total. The van der Waals surface area contributed by atoms with E-state index >= 15 is 0 Å². The fraction of sp³-hybridized carbons (Fsp3) is 0.444. The van der Waals surface area contributed by atoms with Gasteiger partial charge in [-0.05, 0) is 25.3 Å². The van der Waals surface area contributed by atoms with Crippen molar-refractivity contribution in [3.05, 3.63) is 40.7 Å². The molecule has 0 atom stereocenters. The second-order valence-electron chi connectivity index (χ2n) is 5.93. The Hall–Kier alpha value is -1.75. The number of carbonyl (C=O) groups excluding carboxylic acids is 1. The first-order valence-electron chi connectivity index (χ1n) is 8.05. The number of hydrogen-bond donors (Lipinski definition) is 1. The molecule has 2 aromatic rings. The summed E-state index contributed by atoms with van der Waals surface area (Å²) >= 11 is 1.42. The standard InChI is InChI=1S/C18H24N2O2S/c1-4-20-15-8-6-5-7-14(15)16(11-18(20)22)23-12-17(21)19-10-9-13(2)3/h5-8,11,13H,4,9-10,12H2,1-3H3,(H,19,21). The Morgan fingerprint density at radius 3 is 2.74 bits per heavy atom. The topological polar surface area (TPSA) is 51.1 Å². The van der Waals surface area contributed by atoms with Crippen molar-refractivity contribution in [2.45, 2.75) is 38.6 Å². The van der Waals surface area contributed by atoms with Crippen LogP contribution in [0.2, 0.25) is 0 Å². The Labute approximate surface area is 141 Å². The third kappa shape index (κ3) is 4.61. The smallest absolute Gasteiger partial charge is 0.252 e. The van der Waals surface area contributed by atoms with Crippen molar-refractivity contribution in [2.24, 2.45) is 5.92 Å². The first-order chi connectivity index (χ1) is 11.0. The molecule has 0 aliphatic carbocycles. The zero-order chi connectivity index (χ0) is 16.8. The van der Waals surface area contributed by atoms with E-state index in [0.29, 0.717) is 24.8 Å². The van der Waals surface area contributed by atoms with Gasteiger partial charge in [0, 0.05) is 29.4 Å². The molecule has 1 N–H and O–H groups in total. The van der Waals surface area contributed by atoms with Crippen LogP contribution in [0.1, 0.15) is 27.2 Å². The van der Waals surface area contributed by atoms with E-state index in [-0.39, 0.29) is 11.5 Å². The van der Waals surface area contributed by atoms with Crippen LogP contribution in [0.15, 0.2) is 40.0 Å². The number of rotatable bonds is 7. The van der Waals surface area contributed by atoms with E-state index in [2.05, 4.69) is 19.2 Å². The lowest BCUT2D eigenvalue weighted by Gasteiger charge is -2.12. The lowest BCUT2D eigenvalue weighted by molar-refractivity contribution is -0.118. The molecule has 0 saturated carbocycles. The second kappa shape index (κ2) is 8.20. The molecule has 0 fully saturated rings. The van der Waals surface area contributed by atoms with Gasteiger partial charge in [0.1, 0.15) is 0 Å². The molecule has 1 aromatic heterocycles. The number of benzene rings is 1. The summed E-state index contributed by atoms with van der Waals surface area (Å²) in [6.45, 7) is 7.57. The minimum atomic E-state index is -0.0195. The number of aryl methyl sites for hydroxylation is 1. The van der Waals surface area contributed by atoms with Gasteiger partial charge in [0.25, 0.3) is 5.56 Å². The number of nitrogens with one attached hydrogen (secondary N) is 1. The first kappa shape index (κ1) is 17.6. The van der Waals surface area contributed by atoms with E-state index in [1.807, 2.05) is 31.2 Å². The Balaban J connectivity index is 2.12. The molecule has 0 aliphatic heterocycles. The van der Waals surface area contributed by atoms with Crippen molar-refractivity contribution in [1.29, 1.82) is 0 Å². The molecule has 0 saturated heterocycles. The van der Waals surface area contributed by atoms with Crippen molar-refractivity contribution in [1.82, 2.24) is 9.88 Å². The lowest BCUT2D eigenvalue weighted by atomic mass is 10.1. The Morgan fingerprint density at radius 1 is 1.30 bits per heavy atom. The van der Waals surface area contributed by atoms with Crippen LogP contribution in [0.3, 0.4) is 0 Å². The first-order valence-corrected chi connectivity index (χ1v) is 9.03. The van der Waals surface area contributed by atoms with Gasteiger partial charge in [0.2, 0.25) is 5.91 Å². The number of nitrogens with zero attached hydrogens (tertiary/aromatic N) is 1. The molecule has 5 heteroatoms. The van der Waals surface area contributed by atoms with Crippen LogP contribution < -0.4 is 10.9 Å². The van der Waals surface area contributed by atoms with Crippen LogP contribution in [0.4, 0.5) is 0 Å². The zero-order valence-corrected chi connectivity index (χ0v) is 14.8. The van der Waals surface area contributed by atoms with E-state index in [4.69, 9.17) is 0 Å². The molecular formula is C18H24N2O2S. The highest BCUT2D eigenvalue weighted by atomic mass is 32.2. The van der Waals surface area contributed by atoms with Gasteiger partial charge in [-0.1, -0.05) is 32.0 Å². The molecule has 0 bridgehead atoms. The highest BCUT2D eigenvalue weighted by molar-refractivity contribution is 8.00. The van der Waals surface area contributed by atoms with Crippen LogP contribution >= 0.6 is 11.8 Å². The maximum Gasteiger partial charge on any atom is 0.252 e. The second-order valence-corrected chi connectivity index (χ2v) is 6.95. The number of carbonyl (C=O) groups is 1. The fourth-order valence-corrected chi connectivity index (χ4v) is 3.35. The predicted molar refractivity (Wildman–Crippen MR) is 97.1 cm³/mol. The monoisotopic (exact) mass is 332 g/mol.